The van der Waals surface area contributed by atoms with Gasteiger partial charge in [0, 0.05) is 20.6 Å². The summed E-state index contributed by atoms with van der Waals surface area (Å²) in [5.41, 5.74) is 1.82. The van der Waals surface area contributed by atoms with Crippen LogP contribution >= 0.6 is 7.60 Å². The summed E-state index contributed by atoms with van der Waals surface area (Å²) in [7, 11) is -1.13. The lowest BCUT2D eigenvalue weighted by molar-refractivity contribution is -0.113. The maximum Gasteiger partial charge on any atom is 0.396 e. The Labute approximate surface area is 114 Å². The molecule has 0 radical (unpaired) electrons. The van der Waals surface area contributed by atoms with Crippen molar-refractivity contribution in [2.75, 3.05) is 14.2 Å². The minimum absolute atomic E-state index is 0.153. The number of hydrogen-bond donors (Lipinski definition) is 0. The molecule has 0 bridgehead atoms. The topological polar surface area (TPSA) is 52.6 Å². The van der Waals surface area contributed by atoms with Crippen LogP contribution in [-0.2, 0) is 24.8 Å². The Morgan fingerprint density at radius 2 is 1.68 bits per heavy atom. The van der Waals surface area contributed by atoms with Gasteiger partial charge in [0.15, 0.2) is 0 Å². The van der Waals surface area contributed by atoms with Crippen molar-refractivity contribution in [3.63, 3.8) is 0 Å². The highest BCUT2D eigenvalue weighted by molar-refractivity contribution is 7.71. The van der Waals surface area contributed by atoms with Crippen LogP contribution in [0.5, 0.6) is 0 Å². The summed E-state index contributed by atoms with van der Waals surface area (Å²) in [5.74, 6) is 0.484. The van der Waals surface area contributed by atoms with Crippen LogP contribution in [0.3, 0.4) is 0 Å². The highest BCUT2D eigenvalue weighted by Gasteiger charge is 2.31. The van der Waals surface area contributed by atoms with Crippen molar-refractivity contribution in [3.05, 3.63) is 35.4 Å². The second kappa shape index (κ2) is 6.99. The minimum Gasteiger partial charge on any atom is -0.307 e. The average Bonchev–Trinajstić information content (AvgIpc) is 2.44. The summed E-state index contributed by atoms with van der Waals surface area (Å²) in [6.45, 7) is 4.26. The number of carbonyl (C=O) groups excluding carboxylic acids is 1. The molecule has 0 spiro atoms. The molecular formula is C14H21O4P. The summed E-state index contributed by atoms with van der Waals surface area (Å²) in [4.78, 5) is 11.8. The number of aryl methyl sites for hydroxylation is 1. The average molecular weight is 284 g/mol. The van der Waals surface area contributed by atoms with Crippen LogP contribution in [0.2, 0.25) is 0 Å². The first-order valence-corrected chi connectivity index (χ1v) is 7.81. The van der Waals surface area contributed by atoms with E-state index >= 15 is 0 Å². The molecule has 0 aliphatic heterocycles. The zero-order valence-electron chi connectivity index (χ0n) is 11.9. The van der Waals surface area contributed by atoms with E-state index in [0.29, 0.717) is 12.3 Å². The van der Waals surface area contributed by atoms with Gasteiger partial charge in [0.05, 0.1) is 0 Å². The Kier molecular flexibility index (Phi) is 5.92. The predicted molar refractivity (Wildman–Crippen MR) is 75.5 cm³/mol. The third kappa shape index (κ3) is 4.27. The van der Waals surface area contributed by atoms with Crippen LogP contribution < -0.4 is 0 Å². The monoisotopic (exact) mass is 284 g/mol. The van der Waals surface area contributed by atoms with Gasteiger partial charge < -0.3 is 9.05 Å². The van der Waals surface area contributed by atoms with Gasteiger partial charge in [-0.1, -0.05) is 38.1 Å². The molecule has 0 unspecified atom stereocenters. The molecule has 0 aromatic heterocycles. The quantitative estimate of drug-likeness (QED) is 0.715. The lowest BCUT2D eigenvalue weighted by atomic mass is 10.0. The van der Waals surface area contributed by atoms with Gasteiger partial charge >= 0.3 is 7.60 Å². The van der Waals surface area contributed by atoms with E-state index in [1.54, 1.807) is 0 Å². The van der Waals surface area contributed by atoms with E-state index in [1.165, 1.54) is 19.8 Å². The second-order valence-corrected chi connectivity index (χ2v) is 6.88. The van der Waals surface area contributed by atoms with Crippen molar-refractivity contribution in [1.29, 1.82) is 0 Å². The number of carbonyl (C=O) groups is 1. The van der Waals surface area contributed by atoms with Crippen LogP contribution in [0, 0.1) is 0 Å². The molecule has 0 N–H and O–H groups in total. The third-order valence-corrected chi connectivity index (χ3v) is 4.86. The van der Waals surface area contributed by atoms with Crippen LogP contribution in [0.25, 0.3) is 0 Å². The SMILES string of the molecule is COP(=O)(OC)C(=O)CCc1ccc(C(C)C)cc1. The number of benzene rings is 1. The van der Waals surface area contributed by atoms with Crippen molar-refractivity contribution in [2.45, 2.75) is 32.6 Å². The van der Waals surface area contributed by atoms with Crippen molar-refractivity contribution in [3.8, 4) is 0 Å². The van der Waals surface area contributed by atoms with E-state index in [2.05, 4.69) is 35.0 Å². The van der Waals surface area contributed by atoms with E-state index < -0.39 is 13.1 Å². The summed E-state index contributed by atoms with van der Waals surface area (Å²) in [6, 6.07) is 8.09. The molecule has 0 fully saturated rings. The zero-order chi connectivity index (χ0) is 14.5. The van der Waals surface area contributed by atoms with E-state index in [0.717, 1.165) is 5.56 Å². The Bertz CT molecular complexity index is 457. The first-order chi connectivity index (χ1) is 8.92. The van der Waals surface area contributed by atoms with Crippen LogP contribution in [0.15, 0.2) is 24.3 Å². The van der Waals surface area contributed by atoms with Crippen molar-refractivity contribution in [2.24, 2.45) is 0 Å². The molecule has 0 aliphatic rings. The van der Waals surface area contributed by atoms with Crippen molar-refractivity contribution in [1.82, 2.24) is 0 Å². The fraction of sp³-hybridized carbons (Fsp3) is 0.500. The molecule has 19 heavy (non-hydrogen) atoms. The molecular weight excluding hydrogens is 263 g/mol. The van der Waals surface area contributed by atoms with Gasteiger partial charge in [-0.25, -0.2) is 0 Å². The molecule has 106 valence electrons. The Hall–Kier alpha value is -0.960. The molecule has 0 atom stereocenters. The smallest absolute Gasteiger partial charge is 0.307 e. The van der Waals surface area contributed by atoms with Crippen LogP contribution in [0.1, 0.15) is 37.3 Å². The molecule has 0 heterocycles. The van der Waals surface area contributed by atoms with Gasteiger partial charge in [0.2, 0.25) is 5.52 Å². The van der Waals surface area contributed by atoms with Gasteiger partial charge in [-0.2, -0.15) is 0 Å². The minimum atomic E-state index is -3.57. The van der Waals surface area contributed by atoms with Crippen LogP contribution in [0.4, 0.5) is 0 Å². The fourth-order valence-corrected chi connectivity index (χ4v) is 2.68. The summed E-state index contributed by atoms with van der Waals surface area (Å²) in [5, 5.41) is 0. The summed E-state index contributed by atoms with van der Waals surface area (Å²) in [6.07, 6.45) is 0.688. The maximum atomic E-state index is 11.8. The largest absolute Gasteiger partial charge is 0.396 e. The maximum absolute atomic E-state index is 11.8. The molecule has 4 nitrogen and oxygen atoms in total. The van der Waals surface area contributed by atoms with Gasteiger partial charge in [-0.05, 0) is 23.5 Å². The molecule has 0 saturated heterocycles. The number of hydrogen-bond acceptors (Lipinski definition) is 4. The van der Waals surface area contributed by atoms with E-state index in [4.69, 9.17) is 0 Å². The van der Waals surface area contributed by atoms with Crippen molar-refractivity contribution >= 4 is 13.1 Å². The van der Waals surface area contributed by atoms with E-state index in [9.17, 15) is 9.36 Å². The molecule has 0 amide bonds. The Morgan fingerprint density at radius 1 is 1.16 bits per heavy atom. The lowest BCUT2D eigenvalue weighted by Crippen LogP contribution is -2.05. The highest BCUT2D eigenvalue weighted by atomic mass is 31.2. The molecule has 0 saturated carbocycles. The standard InChI is InChI=1S/C14H21O4P/c1-11(2)13-8-5-12(6-9-13)7-10-14(15)19(16,17-3)18-4/h5-6,8-9,11H,7,10H2,1-4H3. The van der Waals surface area contributed by atoms with Gasteiger partial charge in [-0.15, -0.1) is 0 Å². The molecule has 5 heteroatoms. The molecule has 1 aromatic carbocycles. The van der Waals surface area contributed by atoms with Crippen LogP contribution in [-0.4, -0.2) is 19.7 Å². The number of rotatable bonds is 7. The highest BCUT2D eigenvalue weighted by Crippen LogP contribution is 2.48. The Balaban J connectivity index is 2.62. The van der Waals surface area contributed by atoms with Gasteiger partial charge in [0.1, 0.15) is 0 Å². The zero-order valence-corrected chi connectivity index (χ0v) is 12.8. The predicted octanol–water partition coefficient (Wildman–Crippen LogP) is 3.76. The van der Waals surface area contributed by atoms with E-state index in [-0.39, 0.29) is 6.42 Å². The molecule has 0 aliphatic carbocycles. The molecule has 1 rings (SSSR count). The van der Waals surface area contributed by atoms with E-state index in [1.807, 2.05) is 12.1 Å². The summed E-state index contributed by atoms with van der Waals surface area (Å²) >= 11 is 0. The fourth-order valence-electron chi connectivity index (χ4n) is 1.74. The first-order valence-electron chi connectivity index (χ1n) is 6.26. The Morgan fingerprint density at radius 3 is 2.11 bits per heavy atom. The van der Waals surface area contributed by atoms with Gasteiger partial charge in [0.25, 0.3) is 0 Å². The third-order valence-electron chi connectivity index (χ3n) is 3.06. The normalized spacial score (nSPS) is 11.8. The van der Waals surface area contributed by atoms with Gasteiger partial charge in [-0.3, -0.25) is 9.36 Å². The second-order valence-electron chi connectivity index (χ2n) is 4.65. The van der Waals surface area contributed by atoms with Crippen molar-refractivity contribution < 1.29 is 18.4 Å². The molecule has 1 aromatic rings. The summed E-state index contributed by atoms with van der Waals surface area (Å²) < 4.78 is 21.2. The first kappa shape index (κ1) is 16.1. The lowest BCUT2D eigenvalue weighted by Gasteiger charge is -2.12.